The van der Waals surface area contributed by atoms with Gasteiger partial charge >= 0.3 is 0 Å². The zero-order valence-corrected chi connectivity index (χ0v) is 6.73. The lowest BCUT2D eigenvalue weighted by molar-refractivity contribution is 0.601. The van der Waals surface area contributed by atoms with E-state index in [0.29, 0.717) is 0 Å². The number of benzene rings is 1. The monoisotopic (exact) mass is 163 g/mol. The van der Waals surface area contributed by atoms with Crippen molar-refractivity contribution in [2.45, 2.75) is 6.42 Å². The fourth-order valence-electron chi connectivity index (χ4n) is 1.53. The fourth-order valence-corrected chi connectivity index (χ4v) is 1.53. The molecule has 0 unspecified atom stereocenters. The fraction of sp³-hybridized carbons (Fsp3) is 0.200. The largest absolute Gasteiger partial charge is 0.385 e. The molecule has 1 aliphatic heterocycles. The molecule has 0 fully saturated rings. The second-order valence-electron chi connectivity index (χ2n) is 2.92. The van der Waals surface area contributed by atoms with E-state index in [4.69, 9.17) is 0 Å². The Morgan fingerprint density at radius 3 is 3.00 bits per heavy atom. The molecule has 0 bridgehead atoms. The highest BCUT2D eigenvalue weighted by Gasteiger charge is 2.14. The lowest BCUT2D eigenvalue weighted by Crippen LogP contribution is -2.22. The lowest BCUT2D eigenvalue weighted by Gasteiger charge is -2.20. The molecule has 1 heterocycles. The van der Waals surface area contributed by atoms with Gasteiger partial charge in [-0.1, -0.05) is 18.7 Å². The maximum absolute atomic E-state index is 13.2. The second-order valence-corrected chi connectivity index (χ2v) is 2.92. The molecular weight excluding hydrogens is 153 g/mol. The minimum atomic E-state index is -0.116. The van der Waals surface area contributed by atoms with Crippen LogP contribution in [0.5, 0.6) is 0 Å². The van der Waals surface area contributed by atoms with Gasteiger partial charge in [-0.05, 0) is 18.1 Å². The Morgan fingerprint density at radius 1 is 1.42 bits per heavy atom. The summed E-state index contributed by atoms with van der Waals surface area (Å²) in [6.45, 7) is 4.60. The van der Waals surface area contributed by atoms with E-state index in [1.807, 2.05) is 6.07 Å². The maximum Gasteiger partial charge on any atom is 0.127 e. The predicted octanol–water partition coefficient (Wildman–Crippen LogP) is 1.94. The number of fused-ring (bicyclic) bond motifs is 1. The highest BCUT2D eigenvalue weighted by Crippen LogP contribution is 2.22. The van der Waals surface area contributed by atoms with Gasteiger partial charge in [0.1, 0.15) is 5.82 Å². The Labute approximate surface area is 70.9 Å². The number of hydrogen-bond donors (Lipinski definition) is 1. The summed E-state index contributed by atoms with van der Waals surface area (Å²) in [4.78, 5) is 0. The molecule has 62 valence electrons. The van der Waals surface area contributed by atoms with Gasteiger partial charge in [-0.2, -0.15) is 0 Å². The molecule has 0 amide bonds. The Kier molecular flexibility index (Phi) is 1.61. The van der Waals surface area contributed by atoms with Crippen LogP contribution in [0, 0.1) is 5.82 Å². The van der Waals surface area contributed by atoms with Gasteiger partial charge in [0.25, 0.3) is 0 Å². The zero-order valence-electron chi connectivity index (χ0n) is 6.73. The molecule has 0 aliphatic carbocycles. The Bertz CT molecular complexity index is 331. The Morgan fingerprint density at radius 2 is 2.25 bits per heavy atom. The molecule has 1 N–H and O–H groups in total. The van der Waals surface area contributed by atoms with E-state index in [1.54, 1.807) is 6.07 Å². The number of hydrogen-bond acceptors (Lipinski definition) is 1. The number of halogens is 1. The average Bonchev–Trinajstić information content (AvgIpc) is 2.07. The highest BCUT2D eigenvalue weighted by molar-refractivity contribution is 5.66. The molecule has 12 heavy (non-hydrogen) atoms. The Balaban J connectivity index is 2.59. The van der Waals surface area contributed by atoms with Crippen LogP contribution in [0.1, 0.15) is 11.1 Å². The van der Waals surface area contributed by atoms with Gasteiger partial charge in [-0.25, -0.2) is 4.39 Å². The summed E-state index contributed by atoms with van der Waals surface area (Å²) in [5, 5.41) is 3.10. The second kappa shape index (κ2) is 2.63. The molecule has 0 saturated heterocycles. The van der Waals surface area contributed by atoms with E-state index in [-0.39, 0.29) is 5.82 Å². The van der Waals surface area contributed by atoms with Gasteiger partial charge in [0, 0.05) is 17.8 Å². The van der Waals surface area contributed by atoms with E-state index >= 15 is 0 Å². The van der Waals surface area contributed by atoms with Crippen molar-refractivity contribution in [1.29, 1.82) is 0 Å². The summed E-state index contributed by atoms with van der Waals surface area (Å²) in [5.74, 6) is -0.116. The first-order chi connectivity index (χ1) is 5.79. The van der Waals surface area contributed by atoms with Gasteiger partial charge < -0.3 is 5.32 Å². The third kappa shape index (κ3) is 0.998. The first kappa shape index (κ1) is 7.35. The first-order valence-electron chi connectivity index (χ1n) is 3.99. The van der Waals surface area contributed by atoms with Crippen LogP contribution in [0.3, 0.4) is 0 Å². The maximum atomic E-state index is 13.2. The summed E-state index contributed by atoms with van der Waals surface area (Å²) in [6.07, 6.45) is 0.751. The summed E-state index contributed by atoms with van der Waals surface area (Å²) >= 11 is 0. The Hall–Kier alpha value is -1.31. The normalized spacial score (nSPS) is 15.2. The lowest BCUT2D eigenvalue weighted by atomic mass is 9.98. The minimum absolute atomic E-state index is 0.116. The van der Waals surface area contributed by atoms with E-state index in [2.05, 4.69) is 11.9 Å². The van der Waals surface area contributed by atoms with Crippen molar-refractivity contribution in [2.24, 2.45) is 0 Å². The van der Waals surface area contributed by atoms with Gasteiger partial charge in [-0.3, -0.25) is 0 Å². The molecular formula is C10H10FN. The van der Waals surface area contributed by atoms with Crippen molar-refractivity contribution >= 4 is 5.70 Å². The molecule has 2 heteroatoms. The van der Waals surface area contributed by atoms with Crippen LogP contribution < -0.4 is 5.32 Å². The predicted molar refractivity (Wildman–Crippen MR) is 47.1 cm³/mol. The van der Waals surface area contributed by atoms with Crippen LogP contribution in [0.15, 0.2) is 24.8 Å². The van der Waals surface area contributed by atoms with Crippen LogP contribution in [0.4, 0.5) is 4.39 Å². The average molecular weight is 163 g/mol. The first-order valence-corrected chi connectivity index (χ1v) is 3.99. The van der Waals surface area contributed by atoms with Crippen LogP contribution in [0.2, 0.25) is 0 Å². The molecule has 0 spiro atoms. The van der Waals surface area contributed by atoms with Crippen molar-refractivity contribution in [3.63, 3.8) is 0 Å². The number of rotatable bonds is 0. The van der Waals surface area contributed by atoms with Crippen molar-refractivity contribution < 1.29 is 4.39 Å². The van der Waals surface area contributed by atoms with Crippen molar-refractivity contribution in [3.05, 3.63) is 41.7 Å². The molecule has 0 aromatic heterocycles. The van der Waals surface area contributed by atoms with Crippen LogP contribution >= 0.6 is 0 Å². The summed E-state index contributed by atoms with van der Waals surface area (Å²) < 4.78 is 13.2. The van der Waals surface area contributed by atoms with Crippen LogP contribution in [-0.2, 0) is 6.42 Å². The molecule has 1 aromatic rings. The topological polar surface area (TPSA) is 12.0 Å². The minimum Gasteiger partial charge on any atom is -0.385 e. The van der Waals surface area contributed by atoms with Crippen LogP contribution in [-0.4, -0.2) is 6.54 Å². The number of nitrogens with one attached hydrogen (secondary N) is 1. The van der Waals surface area contributed by atoms with Crippen LogP contribution in [0.25, 0.3) is 5.70 Å². The van der Waals surface area contributed by atoms with E-state index in [0.717, 1.165) is 29.8 Å². The molecule has 2 rings (SSSR count). The standard InChI is InChI=1S/C10H10FN/c1-7-8-3-2-4-10(11)9(8)5-6-12-7/h2-4,12H,1,5-6H2. The SMILES string of the molecule is C=C1NCCc2c(F)cccc21. The van der Waals surface area contributed by atoms with Gasteiger partial charge in [0.15, 0.2) is 0 Å². The third-order valence-electron chi connectivity index (χ3n) is 2.16. The molecule has 1 aromatic carbocycles. The summed E-state index contributed by atoms with van der Waals surface area (Å²) in [5.41, 5.74) is 2.54. The quantitative estimate of drug-likeness (QED) is 0.616. The molecule has 1 aliphatic rings. The third-order valence-corrected chi connectivity index (χ3v) is 2.16. The highest BCUT2D eigenvalue weighted by atomic mass is 19.1. The van der Waals surface area contributed by atoms with Crippen molar-refractivity contribution in [3.8, 4) is 0 Å². The molecule has 0 radical (unpaired) electrons. The van der Waals surface area contributed by atoms with E-state index in [1.165, 1.54) is 6.07 Å². The van der Waals surface area contributed by atoms with E-state index < -0.39 is 0 Å². The summed E-state index contributed by atoms with van der Waals surface area (Å²) in [7, 11) is 0. The van der Waals surface area contributed by atoms with E-state index in [9.17, 15) is 4.39 Å². The van der Waals surface area contributed by atoms with Crippen molar-refractivity contribution in [2.75, 3.05) is 6.54 Å². The molecule has 0 atom stereocenters. The smallest absolute Gasteiger partial charge is 0.127 e. The molecule has 0 saturated carbocycles. The van der Waals surface area contributed by atoms with Gasteiger partial charge in [0.05, 0.1) is 0 Å². The van der Waals surface area contributed by atoms with Gasteiger partial charge in [0.2, 0.25) is 0 Å². The summed E-state index contributed by atoms with van der Waals surface area (Å²) in [6, 6.07) is 5.11. The van der Waals surface area contributed by atoms with Crippen molar-refractivity contribution in [1.82, 2.24) is 5.32 Å². The zero-order chi connectivity index (χ0) is 8.55. The van der Waals surface area contributed by atoms with Gasteiger partial charge in [-0.15, -0.1) is 0 Å². The molecule has 1 nitrogen and oxygen atoms in total.